The second kappa shape index (κ2) is 6.78. The van der Waals surface area contributed by atoms with Crippen molar-refractivity contribution in [1.29, 1.82) is 0 Å². The highest BCUT2D eigenvalue weighted by atomic mass is 127. The van der Waals surface area contributed by atoms with Crippen molar-refractivity contribution < 1.29 is 16.3 Å². The van der Waals surface area contributed by atoms with Gasteiger partial charge in [-0.25, -0.2) is 10.3 Å². The molecule has 0 aliphatic heterocycles. The van der Waals surface area contributed by atoms with Crippen LogP contribution in [0.3, 0.4) is 0 Å². The fraction of sp³-hybridized carbons (Fsp3) is 0.125. The van der Waals surface area contributed by atoms with Gasteiger partial charge in [-0.3, -0.25) is 7.86 Å². The summed E-state index contributed by atoms with van der Waals surface area (Å²) in [5.41, 5.74) is 0.593. The smallest absolute Gasteiger partial charge is 0.271 e. The van der Waals surface area contributed by atoms with E-state index < -0.39 is 31.4 Å². The molecule has 0 bridgehead atoms. The Morgan fingerprint density at radius 2 is 1.69 bits per heavy atom. The molecule has 0 aliphatic rings. The van der Waals surface area contributed by atoms with Gasteiger partial charge in [0.15, 0.2) is 27.0 Å². The zero-order valence-electron chi connectivity index (χ0n) is 8.38. The van der Waals surface area contributed by atoms with E-state index in [0.29, 0.717) is 9.13 Å². The molecule has 0 radical (unpaired) electrons. The zero-order valence-corrected chi connectivity index (χ0v) is 11.4. The van der Waals surface area contributed by atoms with Crippen LogP contribution in [0.1, 0.15) is 17.3 Å². The van der Waals surface area contributed by atoms with Crippen LogP contribution in [0.2, 0.25) is 0 Å². The molecule has 0 atom stereocenters. The lowest BCUT2D eigenvalue weighted by Gasteiger charge is -1.95. The summed E-state index contributed by atoms with van der Waals surface area (Å²) >= 11 is -1.22. The quantitative estimate of drug-likeness (QED) is 0.592. The van der Waals surface area contributed by atoms with Gasteiger partial charge in [0, 0.05) is 5.56 Å². The van der Waals surface area contributed by atoms with Crippen LogP contribution in [0.5, 0.6) is 0 Å². The molecule has 0 fully saturated rings. The summed E-state index contributed by atoms with van der Waals surface area (Å²) in [5, 5.41) is 8.21. The van der Waals surface area contributed by atoms with Crippen molar-refractivity contribution >= 4 is 37.2 Å². The zero-order chi connectivity index (χ0) is 12.8. The lowest BCUT2D eigenvalue weighted by molar-refractivity contribution is 0.101. The van der Waals surface area contributed by atoms with Gasteiger partial charge in [0.05, 0.1) is 3.57 Å². The van der Waals surface area contributed by atoms with E-state index in [-0.39, 0.29) is 5.78 Å². The molecule has 0 heterocycles. The van der Waals surface area contributed by atoms with E-state index >= 15 is 0 Å². The molecule has 0 unspecified atom stereocenters. The standard InChI is InChI=1S/C8H7IO2.H4N2O2S/c1-6(10)7-4-2-3-5-8(7)9-11;1-5(2,3)4/h2-5H,1H3;(H4,1,2,3,4). The molecule has 8 heteroatoms. The molecule has 4 N–H and O–H groups in total. The number of carbonyl (C=O) groups excluding carboxylic acids is 1. The van der Waals surface area contributed by atoms with Crippen LogP contribution in [-0.2, 0) is 13.3 Å². The first kappa shape index (κ1) is 15.3. The van der Waals surface area contributed by atoms with Crippen LogP contribution >= 0.6 is 21.2 Å². The molecule has 0 spiro atoms. The Bertz CT molecular complexity index is 479. The maximum Gasteiger partial charge on any atom is 0.271 e. The van der Waals surface area contributed by atoms with Crippen LogP contribution in [0.25, 0.3) is 0 Å². The van der Waals surface area contributed by atoms with Crippen molar-refractivity contribution in [3.05, 3.63) is 33.4 Å². The van der Waals surface area contributed by atoms with Crippen molar-refractivity contribution in [2.75, 3.05) is 0 Å². The molecule has 1 aromatic rings. The fourth-order valence-electron chi connectivity index (χ4n) is 0.814. The van der Waals surface area contributed by atoms with Crippen molar-refractivity contribution in [3.8, 4) is 0 Å². The molecule has 6 nitrogen and oxygen atoms in total. The Morgan fingerprint density at radius 1 is 1.25 bits per heavy atom. The van der Waals surface area contributed by atoms with Crippen LogP contribution in [-0.4, -0.2) is 14.2 Å². The third-order valence-electron chi connectivity index (χ3n) is 1.34. The van der Waals surface area contributed by atoms with Gasteiger partial charge in [-0.1, -0.05) is 18.2 Å². The second-order valence-corrected chi connectivity index (χ2v) is 5.48. The number of halogens is 1. The third kappa shape index (κ3) is 7.56. The largest absolute Gasteiger partial charge is 0.294 e. The van der Waals surface area contributed by atoms with Crippen molar-refractivity contribution in [3.63, 3.8) is 0 Å². The topological polar surface area (TPSA) is 120 Å². The second-order valence-electron chi connectivity index (χ2n) is 2.70. The highest BCUT2D eigenvalue weighted by Gasteiger charge is 2.04. The van der Waals surface area contributed by atoms with Crippen molar-refractivity contribution in [2.45, 2.75) is 6.92 Å². The first-order chi connectivity index (χ1) is 7.25. The summed E-state index contributed by atoms with van der Waals surface area (Å²) in [6.07, 6.45) is 0. The molecule has 1 rings (SSSR count). The number of Topliss-reactive ketones (excluding diaryl/α,β-unsaturated/α-hetero) is 1. The summed E-state index contributed by atoms with van der Waals surface area (Å²) in [6, 6.07) is 7.01. The number of hydrogen-bond acceptors (Lipinski definition) is 4. The minimum Gasteiger partial charge on any atom is -0.294 e. The minimum absolute atomic E-state index is 0.0175. The van der Waals surface area contributed by atoms with Gasteiger partial charge < -0.3 is 0 Å². The maximum absolute atomic E-state index is 10.9. The van der Waals surface area contributed by atoms with Gasteiger partial charge in [0.2, 0.25) is 0 Å². The molecule has 0 aliphatic carbocycles. The predicted molar refractivity (Wildman–Crippen MR) is 67.1 cm³/mol. The SMILES string of the molecule is CC(=O)c1ccccc1I=O.NS(N)(=O)=O. The number of hydrogen-bond donors (Lipinski definition) is 2. The summed E-state index contributed by atoms with van der Waals surface area (Å²) in [5.74, 6) is -0.0175. The van der Waals surface area contributed by atoms with E-state index in [1.165, 1.54) is 6.92 Å². The van der Waals surface area contributed by atoms with Crippen molar-refractivity contribution in [1.82, 2.24) is 0 Å². The number of benzene rings is 1. The fourth-order valence-corrected chi connectivity index (χ4v) is 1.97. The van der Waals surface area contributed by atoms with E-state index in [0.717, 1.165) is 0 Å². The Hall–Kier alpha value is -0.710. The average molecular weight is 358 g/mol. The van der Waals surface area contributed by atoms with E-state index in [4.69, 9.17) is 0 Å². The molecule has 16 heavy (non-hydrogen) atoms. The first-order valence-electron chi connectivity index (χ1n) is 3.93. The summed E-state index contributed by atoms with van der Waals surface area (Å²) in [6.45, 7) is 1.48. The Kier molecular flexibility index (Phi) is 6.48. The molecule has 0 saturated carbocycles. The van der Waals surface area contributed by atoms with Gasteiger partial charge >= 0.3 is 0 Å². The first-order valence-corrected chi connectivity index (χ1v) is 7.50. The molecule has 1 aromatic carbocycles. The van der Waals surface area contributed by atoms with Crippen LogP contribution < -0.4 is 10.3 Å². The predicted octanol–water partition coefficient (Wildman–Crippen LogP) is 0.524. The normalized spacial score (nSPS) is 10.2. The number of nitrogens with two attached hydrogens (primary N) is 2. The maximum atomic E-state index is 10.9. The van der Waals surface area contributed by atoms with Crippen LogP contribution in [0, 0.1) is 3.57 Å². The highest BCUT2D eigenvalue weighted by Crippen LogP contribution is 2.15. The van der Waals surface area contributed by atoms with Gasteiger partial charge in [-0.2, -0.15) is 8.42 Å². The minimum atomic E-state index is -3.67. The Balaban J connectivity index is 0.000000385. The van der Waals surface area contributed by atoms with E-state index in [1.54, 1.807) is 24.3 Å². The molecule has 90 valence electrons. The molecule has 0 aromatic heterocycles. The van der Waals surface area contributed by atoms with Gasteiger partial charge in [0.1, 0.15) is 0 Å². The van der Waals surface area contributed by atoms with Crippen LogP contribution in [0.4, 0.5) is 0 Å². The highest BCUT2D eigenvalue weighted by molar-refractivity contribution is 14.1. The average Bonchev–Trinajstić information content (AvgIpc) is 2.15. The van der Waals surface area contributed by atoms with Gasteiger partial charge in [0.25, 0.3) is 10.2 Å². The molecular formula is C8H11IN2O4S. The number of carbonyl (C=O) groups is 1. The third-order valence-corrected chi connectivity index (χ3v) is 2.75. The van der Waals surface area contributed by atoms with E-state index in [9.17, 15) is 16.3 Å². The van der Waals surface area contributed by atoms with E-state index in [1.807, 2.05) is 0 Å². The van der Waals surface area contributed by atoms with E-state index in [2.05, 4.69) is 10.3 Å². The summed E-state index contributed by atoms with van der Waals surface area (Å²) in [4.78, 5) is 10.9. The van der Waals surface area contributed by atoms with Crippen molar-refractivity contribution in [2.24, 2.45) is 10.3 Å². The molecular weight excluding hydrogens is 347 g/mol. The Labute approximate surface area is 104 Å². The number of ketones is 1. The summed E-state index contributed by atoms with van der Waals surface area (Å²) < 4.78 is 29.7. The number of rotatable bonds is 2. The van der Waals surface area contributed by atoms with Crippen LogP contribution in [0.15, 0.2) is 24.3 Å². The summed E-state index contributed by atoms with van der Waals surface area (Å²) in [7, 11) is -3.67. The Morgan fingerprint density at radius 3 is 2.00 bits per heavy atom. The lowest BCUT2D eigenvalue weighted by atomic mass is 10.2. The molecule has 0 saturated heterocycles. The molecule has 0 amide bonds. The monoisotopic (exact) mass is 358 g/mol. The lowest BCUT2D eigenvalue weighted by Crippen LogP contribution is -2.21. The van der Waals surface area contributed by atoms with Gasteiger partial charge in [-0.15, -0.1) is 0 Å². The van der Waals surface area contributed by atoms with Gasteiger partial charge in [-0.05, 0) is 13.0 Å².